The number of carbonyl (C=O) groups excluding carboxylic acids is 2. The van der Waals surface area contributed by atoms with E-state index in [4.69, 9.17) is 9.47 Å². The highest BCUT2D eigenvalue weighted by Crippen LogP contribution is 2.15. The molecule has 1 aliphatic heterocycles. The summed E-state index contributed by atoms with van der Waals surface area (Å²) in [5.74, 6) is -0.145. The highest BCUT2D eigenvalue weighted by Gasteiger charge is 2.27. The van der Waals surface area contributed by atoms with Crippen LogP contribution in [0.15, 0.2) is 42.5 Å². The Labute approximate surface area is 110 Å². The minimum Gasteiger partial charge on any atom is -0.438 e. The molecule has 2 rings (SSSR count). The first-order chi connectivity index (χ1) is 9.19. The third-order valence-electron chi connectivity index (χ3n) is 2.68. The molecule has 19 heavy (non-hydrogen) atoms. The molecule has 0 bridgehead atoms. The Kier molecular flexibility index (Phi) is 4.30. The Morgan fingerprint density at radius 2 is 2.05 bits per heavy atom. The van der Waals surface area contributed by atoms with Gasteiger partial charge in [-0.15, -0.1) is 0 Å². The molecular weight excluding hydrogens is 248 g/mol. The van der Waals surface area contributed by atoms with E-state index >= 15 is 0 Å². The van der Waals surface area contributed by atoms with Crippen LogP contribution in [-0.4, -0.2) is 31.4 Å². The van der Waals surface area contributed by atoms with Crippen molar-refractivity contribution in [1.29, 1.82) is 0 Å². The summed E-state index contributed by atoms with van der Waals surface area (Å²) < 4.78 is 14.6. The molecule has 1 aromatic rings. The van der Waals surface area contributed by atoms with Crippen LogP contribution >= 0.6 is 0 Å². The fraction of sp³-hybridized carbons (Fsp3) is 0.286. The predicted octanol–water partition coefficient (Wildman–Crippen LogP) is 1.86. The van der Waals surface area contributed by atoms with Crippen LogP contribution < -0.4 is 0 Å². The van der Waals surface area contributed by atoms with Gasteiger partial charge in [0.25, 0.3) is 0 Å². The Morgan fingerprint density at radius 3 is 2.74 bits per heavy atom. The van der Waals surface area contributed by atoms with Crippen LogP contribution in [0.25, 0.3) is 0 Å². The molecule has 0 amide bonds. The SMILES string of the molecule is COC(=O)OC1C=CC(=O)C(Cc2ccccc2)O1. The van der Waals surface area contributed by atoms with Crippen LogP contribution in [0.1, 0.15) is 5.56 Å². The van der Waals surface area contributed by atoms with Crippen LogP contribution in [-0.2, 0) is 25.4 Å². The quantitative estimate of drug-likeness (QED) is 0.778. The van der Waals surface area contributed by atoms with Gasteiger partial charge in [0.2, 0.25) is 6.29 Å². The van der Waals surface area contributed by atoms with Crippen molar-refractivity contribution < 1.29 is 23.8 Å². The number of carbonyl (C=O) groups is 2. The van der Waals surface area contributed by atoms with Gasteiger partial charge in [0, 0.05) is 6.42 Å². The number of hydrogen-bond donors (Lipinski definition) is 0. The van der Waals surface area contributed by atoms with Crippen molar-refractivity contribution in [2.45, 2.75) is 18.8 Å². The molecule has 0 aliphatic carbocycles. The molecule has 0 spiro atoms. The lowest BCUT2D eigenvalue weighted by molar-refractivity contribution is -0.152. The van der Waals surface area contributed by atoms with Gasteiger partial charge in [-0.3, -0.25) is 4.79 Å². The van der Waals surface area contributed by atoms with Crippen molar-refractivity contribution in [2.24, 2.45) is 0 Å². The van der Waals surface area contributed by atoms with E-state index in [1.165, 1.54) is 19.3 Å². The fourth-order valence-corrected chi connectivity index (χ4v) is 1.74. The molecule has 0 radical (unpaired) electrons. The van der Waals surface area contributed by atoms with Gasteiger partial charge in [-0.25, -0.2) is 4.79 Å². The topological polar surface area (TPSA) is 61.8 Å². The first-order valence-electron chi connectivity index (χ1n) is 5.85. The molecular formula is C14H14O5. The highest BCUT2D eigenvalue weighted by molar-refractivity contribution is 5.94. The van der Waals surface area contributed by atoms with Crippen LogP contribution in [0.3, 0.4) is 0 Å². The average Bonchev–Trinajstić information content (AvgIpc) is 2.43. The molecule has 0 aromatic heterocycles. The van der Waals surface area contributed by atoms with Crippen molar-refractivity contribution in [2.75, 3.05) is 7.11 Å². The molecule has 2 atom stereocenters. The Morgan fingerprint density at radius 1 is 1.32 bits per heavy atom. The van der Waals surface area contributed by atoms with E-state index in [9.17, 15) is 9.59 Å². The van der Waals surface area contributed by atoms with Gasteiger partial charge in [0.05, 0.1) is 7.11 Å². The minimum absolute atomic E-state index is 0.145. The van der Waals surface area contributed by atoms with Gasteiger partial charge in [-0.05, 0) is 17.7 Å². The number of methoxy groups -OCH3 is 1. The van der Waals surface area contributed by atoms with E-state index in [1.807, 2.05) is 30.3 Å². The lowest BCUT2D eigenvalue weighted by atomic mass is 10.0. The highest BCUT2D eigenvalue weighted by atomic mass is 16.8. The van der Waals surface area contributed by atoms with E-state index in [0.29, 0.717) is 6.42 Å². The Bertz CT molecular complexity index is 480. The maximum absolute atomic E-state index is 11.7. The van der Waals surface area contributed by atoms with Gasteiger partial charge >= 0.3 is 6.16 Å². The summed E-state index contributed by atoms with van der Waals surface area (Å²) in [7, 11) is 1.21. The number of hydrogen-bond acceptors (Lipinski definition) is 5. The molecule has 2 unspecified atom stereocenters. The van der Waals surface area contributed by atoms with Gasteiger partial charge in [0.1, 0.15) is 6.10 Å². The molecule has 100 valence electrons. The first-order valence-corrected chi connectivity index (χ1v) is 5.85. The molecule has 0 saturated heterocycles. The number of rotatable bonds is 3. The van der Waals surface area contributed by atoms with E-state index in [-0.39, 0.29) is 5.78 Å². The summed E-state index contributed by atoms with van der Waals surface area (Å²) >= 11 is 0. The summed E-state index contributed by atoms with van der Waals surface area (Å²) in [4.78, 5) is 22.7. The molecule has 1 aliphatic rings. The first kappa shape index (κ1) is 13.3. The molecule has 0 saturated carbocycles. The lowest BCUT2D eigenvalue weighted by Gasteiger charge is -2.24. The summed E-state index contributed by atoms with van der Waals surface area (Å²) in [6.45, 7) is 0. The van der Waals surface area contributed by atoms with Crippen molar-refractivity contribution in [3.05, 3.63) is 48.0 Å². The second-order valence-corrected chi connectivity index (χ2v) is 4.02. The minimum atomic E-state index is -0.890. The van der Waals surface area contributed by atoms with Crippen molar-refractivity contribution in [3.8, 4) is 0 Å². The second-order valence-electron chi connectivity index (χ2n) is 4.02. The predicted molar refractivity (Wildman–Crippen MR) is 66.4 cm³/mol. The molecule has 0 N–H and O–H groups in total. The Balaban J connectivity index is 1.99. The third kappa shape index (κ3) is 3.66. The van der Waals surface area contributed by atoms with Gasteiger partial charge < -0.3 is 14.2 Å². The van der Waals surface area contributed by atoms with Crippen LogP contribution in [0.4, 0.5) is 4.79 Å². The molecule has 1 heterocycles. The zero-order valence-electron chi connectivity index (χ0n) is 10.4. The van der Waals surface area contributed by atoms with Gasteiger partial charge in [0.15, 0.2) is 5.78 Å². The smallest absolute Gasteiger partial charge is 0.438 e. The maximum Gasteiger partial charge on any atom is 0.510 e. The largest absolute Gasteiger partial charge is 0.510 e. The number of ether oxygens (including phenoxy) is 3. The normalized spacial score (nSPS) is 22.1. The second kappa shape index (κ2) is 6.15. The number of benzene rings is 1. The van der Waals surface area contributed by atoms with E-state index in [1.54, 1.807) is 0 Å². The summed E-state index contributed by atoms with van der Waals surface area (Å²) in [6, 6.07) is 9.49. The Hall–Kier alpha value is -2.14. The zero-order chi connectivity index (χ0) is 13.7. The van der Waals surface area contributed by atoms with E-state index in [0.717, 1.165) is 5.56 Å². The monoisotopic (exact) mass is 262 g/mol. The fourth-order valence-electron chi connectivity index (χ4n) is 1.74. The third-order valence-corrected chi connectivity index (χ3v) is 2.68. The van der Waals surface area contributed by atoms with Gasteiger partial charge in [-0.1, -0.05) is 30.3 Å². The van der Waals surface area contributed by atoms with Crippen LogP contribution in [0.2, 0.25) is 0 Å². The number of ketones is 1. The summed E-state index contributed by atoms with van der Waals surface area (Å²) in [5, 5.41) is 0. The lowest BCUT2D eigenvalue weighted by Crippen LogP contribution is -2.35. The zero-order valence-corrected chi connectivity index (χ0v) is 10.4. The van der Waals surface area contributed by atoms with Crippen molar-refractivity contribution in [3.63, 3.8) is 0 Å². The molecule has 0 fully saturated rings. The summed E-state index contributed by atoms with van der Waals surface area (Å²) in [6.07, 6.45) is 0.805. The van der Waals surface area contributed by atoms with Crippen LogP contribution in [0.5, 0.6) is 0 Å². The molecule has 5 heteroatoms. The van der Waals surface area contributed by atoms with E-state index < -0.39 is 18.5 Å². The van der Waals surface area contributed by atoms with Crippen LogP contribution in [0, 0.1) is 0 Å². The van der Waals surface area contributed by atoms with Gasteiger partial charge in [-0.2, -0.15) is 0 Å². The summed E-state index contributed by atoms with van der Waals surface area (Å²) in [5.41, 5.74) is 0.980. The van der Waals surface area contributed by atoms with E-state index in [2.05, 4.69) is 4.74 Å². The van der Waals surface area contributed by atoms with Crippen molar-refractivity contribution >= 4 is 11.9 Å². The molecule has 5 nitrogen and oxygen atoms in total. The standard InChI is InChI=1S/C14H14O5/c1-17-14(16)19-13-8-7-11(15)12(18-13)9-10-5-3-2-4-6-10/h2-8,12-13H,9H2,1H3. The molecule has 1 aromatic carbocycles. The maximum atomic E-state index is 11.7. The average molecular weight is 262 g/mol. The van der Waals surface area contributed by atoms with Crippen molar-refractivity contribution in [1.82, 2.24) is 0 Å².